The Morgan fingerprint density at radius 1 is 0.759 bits per heavy atom. The van der Waals surface area contributed by atoms with E-state index >= 15 is 0 Å². The van der Waals surface area contributed by atoms with Crippen LogP contribution in [0.5, 0.6) is 23.0 Å². The van der Waals surface area contributed by atoms with Gasteiger partial charge in [0.1, 0.15) is 12.4 Å². The molecule has 1 heterocycles. The Bertz CT molecular complexity index is 916. The number of benzene rings is 2. The highest BCUT2D eigenvalue weighted by molar-refractivity contribution is 5.55. The molecule has 6 nitrogen and oxygen atoms in total. The van der Waals surface area contributed by atoms with Crippen molar-refractivity contribution >= 4 is 0 Å². The molecule has 2 aromatic carbocycles. The first kappa shape index (κ1) is 20.5. The summed E-state index contributed by atoms with van der Waals surface area (Å²) in [4.78, 5) is 4.12. The second kappa shape index (κ2) is 10.3. The molecule has 0 aliphatic heterocycles. The number of hydrogen-bond acceptors (Lipinski definition) is 6. The van der Waals surface area contributed by atoms with Crippen LogP contribution < -0.4 is 24.3 Å². The quantitative estimate of drug-likeness (QED) is 0.561. The number of methoxy groups -OCH3 is 3. The van der Waals surface area contributed by atoms with Gasteiger partial charge in [-0.3, -0.25) is 4.98 Å². The number of para-hydroxylation sites is 1. The minimum absolute atomic E-state index is 0.481. The highest BCUT2D eigenvalue weighted by Gasteiger charge is 2.15. The Morgan fingerprint density at radius 2 is 1.55 bits per heavy atom. The lowest BCUT2D eigenvalue weighted by Gasteiger charge is -2.16. The smallest absolute Gasteiger partial charge is 0.203 e. The lowest BCUT2D eigenvalue weighted by atomic mass is 10.1. The molecule has 3 rings (SSSR count). The van der Waals surface area contributed by atoms with Gasteiger partial charge in [-0.1, -0.05) is 30.3 Å². The van der Waals surface area contributed by atoms with Gasteiger partial charge in [-0.25, -0.2) is 0 Å². The molecule has 0 radical (unpaired) electrons. The van der Waals surface area contributed by atoms with Gasteiger partial charge in [-0.05, 0) is 18.2 Å². The van der Waals surface area contributed by atoms with Gasteiger partial charge in [0.25, 0.3) is 0 Å². The third kappa shape index (κ3) is 5.18. The minimum Gasteiger partial charge on any atom is -0.493 e. The van der Waals surface area contributed by atoms with Crippen molar-refractivity contribution in [1.29, 1.82) is 0 Å². The van der Waals surface area contributed by atoms with Crippen LogP contribution in [0.25, 0.3) is 0 Å². The van der Waals surface area contributed by atoms with Crippen LogP contribution >= 0.6 is 0 Å². The molecule has 6 heteroatoms. The molecule has 0 bridgehead atoms. The van der Waals surface area contributed by atoms with Gasteiger partial charge in [-0.2, -0.15) is 0 Å². The molecule has 0 spiro atoms. The molecule has 1 N–H and O–H groups in total. The molecule has 0 aliphatic carbocycles. The normalized spacial score (nSPS) is 10.4. The van der Waals surface area contributed by atoms with Gasteiger partial charge in [0.05, 0.1) is 21.3 Å². The fourth-order valence-electron chi connectivity index (χ4n) is 3.07. The summed E-state index contributed by atoms with van der Waals surface area (Å²) in [5.74, 6) is 2.75. The Balaban J connectivity index is 1.65. The van der Waals surface area contributed by atoms with Gasteiger partial charge >= 0.3 is 0 Å². The summed E-state index contributed by atoms with van der Waals surface area (Å²) >= 11 is 0. The molecule has 0 saturated carbocycles. The lowest BCUT2D eigenvalue weighted by Crippen LogP contribution is -2.14. The molecular weight excluding hydrogens is 368 g/mol. The van der Waals surface area contributed by atoms with E-state index in [9.17, 15) is 0 Å². The van der Waals surface area contributed by atoms with E-state index in [2.05, 4.69) is 16.4 Å². The highest BCUT2D eigenvalue weighted by atomic mass is 16.5. The zero-order valence-electron chi connectivity index (χ0n) is 17.0. The third-order valence-electron chi connectivity index (χ3n) is 4.51. The van der Waals surface area contributed by atoms with Crippen LogP contribution in [0.2, 0.25) is 0 Å². The van der Waals surface area contributed by atoms with Crippen molar-refractivity contribution in [1.82, 2.24) is 10.3 Å². The second-order valence-electron chi connectivity index (χ2n) is 6.35. The summed E-state index contributed by atoms with van der Waals surface area (Å²) in [7, 11) is 4.84. The van der Waals surface area contributed by atoms with E-state index in [-0.39, 0.29) is 0 Å². The van der Waals surface area contributed by atoms with E-state index in [0.717, 1.165) is 22.4 Å². The molecule has 0 unspecified atom stereocenters. The predicted octanol–water partition coefficient (Wildman–Crippen LogP) is 3.98. The number of ether oxygens (including phenoxy) is 4. The molecule has 0 fully saturated rings. The number of aromatic nitrogens is 1. The Hall–Kier alpha value is -3.25. The number of pyridine rings is 1. The summed E-state index contributed by atoms with van der Waals surface area (Å²) in [6.07, 6.45) is 3.56. The maximum absolute atomic E-state index is 6.00. The summed E-state index contributed by atoms with van der Waals surface area (Å²) in [6.45, 7) is 1.75. The van der Waals surface area contributed by atoms with E-state index in [1.807, 2.05) is 48.7 Å². The maximum Gasteiger partial charge on any atom is 0.203 e. The first-order chi connectivity index (χ1) is 14.3. The summed E-state index contributed by atoms with van der Waals surface area (Å²) in [5, 5.41) is 3.45. The molecule has 0 aliphatic rings. The number of nitrogens with one attached hydrogen (secondary N) is 1. The largest absolute Gasteiger partial charge is 0.493 e. The van der Waals surface area contributed by atoms with Crippen LogP contribution in [0.1, 0.15) is 16.7 Å². The fourth-order valence-corrected chi connectivity index (χ4v) is 3.07. The van der Waals surface area contributed by atoms with E-state index in [1.165, 1.54) is 0 Å². The standard InChI is InChI=1S/C23H26N2O4/c1-26-21-11-10-19(22(27-2)23(21)28-3)15-25-14-18-8-4-5-9-20(18)29-16-17-7-6-12-24-13-17/h4-13,25H,14-16H2,1-3H3. The number of nitrogens with zero attached hydrogens (tertiary/aromatic N) is 1. The summed E-state index contributed by atoms with van der Waals surface area (Å²) in [5.41, 5.74) is 3.10. The monoisotopic (exact) mass is 394 g/mol. The fraction of sp³-hybridized carbons (Fsp3) is 0.261. The Morgan fingerprint density at radius 3 is 2.28 bits per heavy atom. The zero-order chi connectivity index (χ0) is 20.5. The Kier molecular flexibility index (Phi) is 7.30. The number of hydrogen-bond donors (Lipinski definition) is 1. The molecule has 0 atom stereocenters. The van der Waals surface area contributed by atoms with Gasteiger partial charge in [0, 0.05) is 42.2 Å². The molecule has 152 valence electrons. The zero-order valence-corrected chi connectivity index (χ0v) is 17.0. The van der Waals surface area contributed by atoms with E-state index < -0.39 is 0 Å². The van der Waals surface area contributed by atoms with Gasteiger partial charge in [0.2, 0.25) is 5.75 Å². The van der Waals surface area contributed by atoms with Crippen LogP contribution in [-0.2, 0) is 19.7 Å². The second-order valence-corrected chi connectivity index (χ2v) is 6.35. The predicted molar refractivity (Wildman–Crippen MR) is 112 cm³/mol. The van der Waals surface area contributed by atoms with Crippen LogP contribution in [-0.4, -0.2) is 26.3 Å². The van der Waals surface area contributed by atoms with Gasteiger partial charge < -0.3 is 24.3 Å². The highest BCUT2D eigenvalue weighted by Crippen LogP contribution is 2.39. The summed E-state index contributed by atoms with van der Waals surface area (Å²) < 4.78 is 22.3. The third-order valence-corrected chi connectivity index (χ3v) is 4.51. The molecule has 29 heavy (non-hydrogen) atoms. The van der Waals surface area contributed by atoms with E-state index in [0.29, 0.717) is 36.9 Å². The maximum atomic E-state index is 6.00. The molecule has 3 aromatic rings. The average molecular weight is 394 g/mol. The van der Waals surface area contributed by atoms with Crippen molar-refractivity contribution < 1.29 is 18.9 Å². The first-order valence-electron chi connectivity index (χ1n) is 9.35. The minimum atomic E-state index is 0.481. The molecular formula is C23H26N2O4. The Labute approximate surface area is 171 Å². The van der Waals surface area contributed by atoms with Crippen molar-refractivity contribution in [3.05, 3.63) is 77.6 Å². The van der Waals surface area contributed by atoms with Gasteiger partial charge in [0.15, 0.2) is 11.5 Å². The summed E-state index contributed by atoms with van der Waals surface area (Å²) in [6, 6.07) is 15.8. The molecule has 0 amide bonds. The molecule has 0 saturated heterocycles. The number of rotatable bonds is 10. The first-order valence-corrected chi connectivity index (χ1v) is 9.35. The molecule has 1 aromatic heterocycles. The van der Waals surface area contributed by atoms with E-state index in [1.54, 1.807) is 27.5 Å². The van der Waals surface area contributed by atoms with Crippen LogP contribution in [0, 0.1) is 0 Å². The van der Waals surface area contributed by atoms with Crippen LogP contribution in [0.3, 0.4) is 0 Å². The van der Waals surface area contributed by atoms with Gasteiger partial charge in [-0.15, -0.1) is 0 Å². The topological polar surface area (TPSA) is 61.8 Å². The van der Waals surface area contributed by atoms with E-state index in [4.69, 9.17) is 18.9 Å². The van der Waals surface area contributed by atoms with Crippen molar-refractivity contribution in [3.63, 3.8) is 0 Å². The van der Waals surface area contributed by atoms with Crippen LogP contribution in [0.4, 0.5) is 0 Å². The van der Waals surface area contributed by atoms with Crippen LogP contribution in [0.15, 0.2) is 60.9 Å². The lowest BCUT2D eigenvalue weighted by molar-refractivity contribution is 0.301. The van der Waals surface area contributed by atoms with Crippen molar-refractivity contribution in [2.45, 2.75) is 19.7 Å². The van der Waals surface area contributed by atoms with Crippen molar-refractivity contribution in [3.8, 4) is 23.0 Å². The average Bonchev–Trinajstić information content (AvgIpc) is 2.78. The SMILES string of the molecule is COc1ccc(CNCc2ccccc2OCc2cccnc2)c(OC)c1OC. The van der Waals surface area contributed by atoms with Crippen molar-refractivity contribution in [2.24, 2.45) is 0 Å². The van der Waals surface area contributed by atoms with Crippen molar-refractivity contribution in [2.75, 3.05) is 21.3 Å².